The summed E-state index contributed by atoms with van der Waals surface area (Å²) in [6.45, 7) is 4.20. The van der Waals surface area contributed by atoms with Crippen LogP contribution >= 0.6 is 0 Å². The molecule has 0 unspecified atom stereocenters. The smallest absolute Gasteiger partial charge is 0.317 e. The number of rotatable bonds is 2. The van der Waals surface area contributed by atoms with E-state index in [0.29, 0.717) is 12.1 Å². The van der Waals surface area contributed by atoms with Crippen LogP contribution in [0.1, 0.15) is 26.7 Å². The van der Waals surface area contributed by atoms with Crippen LogP contribution in [-0.2, 0) is 0 Å². The van der Waals surface area contributed by atoms with Gasteiger partial charge < -0.3 is 10.2 Å². The Morgan fingerprint density at radius 1 is 1.64 bits per heavy atom. The van der Waals surface area contributed by atoms with Crippen LogP contribution < -0.4 is 5.32 Å². The van der Waals surface area contributed by atoms with Gasteiger partial charge in [-0.1, -0.05) is 13.3 Å². The highest BCUT2D eigenvalue weighted by atomic mass is 16.2. The van der Waals surface area contributed by atoms with Crippen molar-refractivity contribution in [3.8, 4) is 0 Å². The summed E-state index contributed by atoms with van der Waals surface area (Å²) in [6, 6.07) is 0.774. The van der Waals surface area contributed by atoms with E-state index in [-0.39, 0.29) is 6.03 Å². The molecule has 1 rings (SSSR count). The van der Waals surface area contributed by atoms with Gasteiger partial charge in [-0.25, -0.2) is 4.79 Å². The molecule has 1 fully saturated rings. The topological polar surface area (TPSA) is 32.3 Å². The lowest BCUT2D eigenvalue weighted by molar-refractivity contribution is 0.213. The molecular formula is C8H16N2O. The monoisotopic (exact) mass is 156 g/mol. The largest absolute Gasteiger partial charge is 0.333 e. The van der Waals surface area contributed by atoms with Crippen molar-refractivity contribution < 1.29 is 4.79 Å². The van der Waals surface area contributed by atoms with E-state index in [1.54, 1.807) is 4.90 Å². The first-order valence-corrected chi connectivity index (χ1v) is 4.20. The fraction of sp³-hybridized carbons (Fsp3) is 0.875. The lowest BCUT2D eigenvalue weighted by Gasteiger charge is -2.19. The van der Waals surface area contributed by atoms with Crippen molar-refractivity contribution in [1.29, 1.82) is 0 Å². The van der Waals surface area contributed by atoms with Gasteiger partial charge in [-0.15, -0.1) is 0 Å². The lowest BCUT2D eigenvalue weighted by Crippen LogP contribution is -2.32. The number of hydrogen-bond donors (Lipinski definition) is 1. The van der Waals surface area contributed by atoms with Crippen LogP contribution in [0.2, 0.25) is 0 Å². The van der Waals surface area contributed by atoms with Gasteiger partial charge in [0.25, 0.3) is 0 Å². The Balaban J connectivity index is 2.56. The van der Waals surface area contributed by atoms with E-state index in [4.69, 9.17) is 0 Å². The van der Waals surface area contributed by atoms with Crippen molar-refractivity contribution in [2.45, 2.75) is 38.8 Å². The molecule has 0 radical (unpaired) electrons. The Labute approximate surface area is 67.8 Å². The van der Waals surface area contributed by atoms with Crippen LogP contribution in [-0.4, -0.2) is 30.1 Å². The molecule has 1 aliphatic heterocycles. The zero-order valence-electron chi connectivity index (χ0n) is 7.42. The summed E-state index contributed by atoms with van der Waals surface area (Å²) in [7, 11) is 1.86. The van der Waals surface area contributed by atoms with Crippen molar-refractivity contribution in [3.05, 3.63) is 0 Å². The summed E-state index contributed by atoms with van der Waals surface area (Å²) in [4.78, 5) is 12.9. The second-order valence-corrected chi connectivity index (χ2v) is 3.21. The molecule has 1 aliphatic rings. The summed E-state index contributed by atoms with van der Waals surface area (Å²) in [5.74, 6) is 0. The van der Waals surface area contributed by atoms with Gasteiger partial charge in [0, 0.05) is 13.1 Å². The Bertz CT molecular complexity index is 158. The maximum absolute atomic E-state index is 11.1. The van der Waals surface area contributed by atoms with Crippen molar-refractivity contribution in [2.75, 3.05) is 7.05 Å². The lowest BCUT2D eigenvalue weighted by atomic mass is 10.1. The van der Waals surface area contributed by atoms with Crippen LogP contribution in [0.4, 0.5) is 4.79 Å². The standard InChI is InChI=1S/C8H16N2O/c1-4-5-7-6(2)9-8(11)10(7)3/h6-7H,4-5H2,1-3H3,(H,9,11)/t6-,7+/m0/s1. The van der Waals surface area contributed by atoms with Crippen LogP contribution in [0.25, 0.3) is 0 Å². The third kappa shape index (κ3) is 1.47. The number of carbonyl (C=O) groups excluding carboxylic acids is 1. The average Bonchev–Trinajstić information content (AvgIpc) is 2.17. The molecule has 2 amide bonds. The molecule has 1 N–H and O–H groups in total. The second kappa shape index (κ2) is 3.11. The predicted molar refractivity (Wildman–Crippen MR) is 44.5 cm³/mol. The highest BCUT2D eigenvalue weighted by molar-refractivity contribution is 5.77. The minimum absolute atomic E-state index is 0.0657. The number of hydrogen-bond acceptors (Lipinski definition) is 1. The molecule has 64 valence electrons. The molecule has 0 aromatic rings. The summed E-state index contributed by atoms with van der Waals surface area (Å²) < 4.78 is 0. The van der Waals surface area contributed by atoms with Crippen LogP contribution in [0.3, 0.4) is 0 Å². The third-order valence-corrected chi connectivity index (χ3v) is 2.33. The molecule has 3 nitrogen and oxygen atoms in total. The minimum Gasteiger partial charge on any atom is -0.333 e. The Kier molecular flexibility index (Phi) is 2.37. The highest BCUT2D eigenvalue weighted by Crippen LogP contribution is 2.15. The quantitative estimate of drug-likeness (QED) is 0.640. The van der Waals surface area contributed by atoms with E-state index in [9.17, 15) is 4.79 Å². The van der Waals surface area contributed by atoms with E-state index in [1.807, 2.05) is 7.05 Å². The van der Waals surface area contributed by atoms with Gasteiger partial charge in [0.05, 0.1) is 6.04 Å². The fourth-order valence-corrected chi connectivity index (χ4v) is 1.62. The molecule has 0 aromatic carbocycles. The highest BCUT2D eigenvalue weighted by Gasteiger charge is 2.32. The van der Waals surface area contributed by atoms with Crippen molar-refractivity contribution in [2.24, 2.45) is 0 Å². The third-order valence-electron chi connectivity index (χ3n) is 2.33. The molecule has 0 aliphatic carbocycles. The van der Waals surface area contributed by atoms with Crippen LogP contribution in [0.15, 0.2) is 0 Å². The van der Waals surface area contributed by atoms with E-state index in [2.05, 4.69) is 19.2 Å². The van der Waals surface area contributed by atoms with E-state index < -0.39 is 0 Å². The number of nitrogens with zero attached hydrogens (tertiary/aromatic N) is 1. The van der Waals surface area contributed by atoms with Gasteiger partial charge in [0.15, 0.2) is 0 Å². The summed E-state index contributed by atoms with van der Waals surface area (Å²) >= 11 is 0. The zero-order valence-corrected chi connectivity index (χ0v) is 7.42. The van der Waals surface area contributed by atoms with E-state index in [0.717, 1.165) is 12.8 Å². The first-order chi connectivity index (χ1) is 5.16. The second-order valence-electron chi connectivity index (χ2n) is 3.21. The predicted octanol–water partition coefficient (Wildman–Crippen LogP) is 1.20. The van der Waals surface area contributed by atoms with Crippen molar-refractivity contribution in [1.82, 2.24) is 10.2 Å². The molecule has 3 heteroatoms. The Morgan fingerprint density at radius 2 is 2.27 bits per heavy atom. The number of nitrogens with one attached hydrogen (secondary N) is 1. The summed E-state index contributed by atoms with van der Waals surface area (Å²) in [6.07, 6.45) is 2.23. The van der Waals surface area contributed by atoms with Gasteiger partial charge in [-0.3, -0.25) is 0 Å². The maximum atomic E-state index is 11.1. The van der Waals surface area contributed by atoms with Crippen LogP contribution in [0.5, 0.6) is 0 Å². The first kappa shape index (κ1) is 8.37. The molecule has 1 heterocycles. The van der Waals surface area contributed by atoms with Gasteiger partial charge in [0.1, 0.15) is 0 Å². The molecular weight excluding hydrogens is 140 g/mol. The molecule has 0 bridgehead atoms. The summed E-state index contributed by atoms with van der Waals surface area (Å²) in [5, 5.41) is 2.89. The average molecular weight is 156 g/mol. The SMILES string of the molecule is CCC[C@@H]1[C@H](C)NC(=O)N1C. The molecule has 0 saturated carbocycles. The maximum Gasteiger partial charge on any atom is 0.317 e. The molecule has 0 spiro atoms. The number of urea groups is 1. The Hall–Kier alpha value is -0.730. The van der Waals surface area contributed by atoms with Gasteiger partial charge in [-0.05, 0) is 13.3 Å². The minimum atomic E-state index is 0.0657. The molecule has 0 aromatic heterocycles. The van der Waals surface area contributed by atoms with Gasteiger partial charge in [-0.2, -0.15) is 0 Å². The van der Waals surface area contributed by atoms with Crippen LogP contribution in [0, 0.1) is 0 Å². The normalized spacial score (nSPS) is 30.8. The van der Waals surface area contributed by atoms with E-state index in [1.165, 1.54) is 0 Å². The van der Waals surface area contributed by atoms with Crippen molar-refractivity contribution >= 4 is 6.03 Å². The zero-order chi connectivity index (χ0) is 8.43. The summed E-state index contributed by atoms with van der Waals surface area (Å²) in [5.41, 5.74) is 0. The molecule has 1 saturated heterocycles. The van der Waals surface area contributed by atoms with E-state index >= 15 is 0 Å². The molecule has 11 heavy (non-hydrogen) atoms. The Morgan fingerprint density at radius 3 is 2.64 bits per heavy atom. The number of carbonyl (C=O) groups is 1. The van der Waals surface area contributed by atoms with Gasteiger partial charge in [0.2, 0.25) is 0 Å². The number of likely N-dealkylation sites (N-methyl/N-ethyl adjacent to an activating group) is 1. The number of amides is 2. The van der Waals surface area contributed by atoms with Crippen molar-refractivity contribution in [3.63, 3.8) is 0 Å². The van der Waals surface area contributed by atoms with Gasteiger partial charge >= 0.3 is 6.03 Å². The molecule has 2 atom stereocenters. The fourth-order valence-electron chi connectivity index (χ4n) is 1.62. The first-order valence-electron chi connectivity index (χ1n) is 4.20.